The number of carbonyl (C=O) groups is 1. The molecule has 1 fully saturated rings. The van der Waals surface area contributed by atoms with E-state index in [-0.39, 0.29) is 6.42 Å². The molecule has 6 nitrogen and oxygen atoms in total. The second-order valence-corrected chi connectivity index (χ2v) is 12.6. The fourth-order valence-corrected chi connectivity index (χ4v) is 7.54. The molecule has 7 heteroatoms. The quantitative estimate of drug-likeness (QED) is 0.414. The van der Waals surface area contributed by atoms with Crippen LogP contribution in [0.1, 0.15) is 27.2 Å². The Kier molecular flexibility index (Phi) is 5.42. The molecule has 1 saturated heterocycles. The van der Waals surface area contributed by atoms with Crippen molar-refractivity contribution >= 4 is 14.3 Å². The van der Waals surface area contributed by atoms with Gasteiger partial charge in [-0.1, -0.05) is 38.5 Å². The van der Waals surface area contributed by atoms with Crippen molar-refractivity contribution in [1.29, 1.82) is 0 Å². The number of rotatable bonds is 5. The molecule has 158 valence electrons. The van der Waals surface area contributed by atoms with Gasteiger partial charge in [0.1, 0.15) is 0 Å². The highest BCUT2D eigenvalue weighted by molar-refractivity contribution is 6.73. The van der Waals surface area contributed by atoms with Gasteiger partial charge >= 0.3 is 5.97 Å². The molecule has 2 atom stereocenters. The van der Waals surface area contributed by atoms with Crippen LogP contribution in [0.25, 0.3) is 0 Å². The summed E-state index contributed by atoms with van der Waals surface area (Å²) in [5, 5.41) is 0. The lowest BCUT2D eigenvalue weighted by molar-refractivity contribution is -0.160. The summed E-state index contributed by atoms with van der Waals surface area (Å²) in [6, 6.07) is 2.80. The van der Waals surface area contributed by atoms with Crippen LogP contribution in [0, 0.1) is 23.7 Å². The van der Waals surface area contributed by atoms with Crippen molar-refractivity contribution in [2.45, 2.75) is 62.8 Å². The van der Waals surface area contributed by atoms with E-state index in [1.165, 1.54) is 6.08 Å². The molecule has 30 heavy (non-hydrogen) atoms. The Morgan fingerprint density at radius 2 is 1.83 bits per heavy atom. The minimum Gasteiger partial charge on any atom is -0.441 e. The summed E-state index contributed by atoms with van der Waals surface area (Å²) in [6.45, 7) is 7.32. The minimum atomic E-state index is -2.16. The topological polar surface area (TPSA) is 80.0 Å². The van der Waals surface area contributed by atoms with Gasteiger partial charge in [-0.15, -0.1) is 0 Å². The molecule has 0 aromatic carbocycles. The summed E-state index contributed by atoms with van der Waals surface area (Å²) >= 11 is 0. The predicted octanol–water partition coefficient (Wildman–Crippen LogP) is 2.54. The van der Waals surface area contributed by atoms with E-state index in [1.54, 1.807) is 12.2 Å². The normalized spacial score (nSPS) is 29.9. The maximum absolute atomic E-state index is 12.5. The summed E-state index contributed by atoms with van der Waals surface area (Å²) in [7, 11) is -2.16. The molecule has 2 aliphatic heterocycles. The van der Waals surface area contributed by atoms with Gasteiger partial charge in [-0.05, 0) is 36.2 Å². The van der Waals surface area contributed by atoms with Crippen molar-refractivity contribution in [3.05, 3.63) is 35.1 Å². The van der Waals surface area contributed by atoms with Crippen molar-refractivity contribution in [3.8, 4) is 23.7 Å². The number of hydrogen-bond acceptors (Lipinski definition) is 6. The number of nitrogens with two attached hydrogens (primary N) is 1. The first-order chi connectivity index (χ1) is 14.4. The zero-order chi connectivity index (χ0) is 21.4. The maximum atomic E-state index is 12.5. The van der Waals surface area contributed by atoms with Crippen molar-refractivity contribution in [1.82, 2.24) is 0 Å². The second-order valence-electron chi connectivity index (χ2n) is 7.89. The van der Waals surface area contributed by atoms with Gasteiger partial charge in [-0.3, -0.25) is 0 Å². The van der Waals surface area contributed by atoms with Crippen LogP contribution >= 0.6 is 0 Å². The Labute approximate surface area is 178 Å². The Bertz CT molecular complexity index is 955. The van der Waals surface area contributed by atoms with Gasteiger partial charge in [-0.25, -0.2) is 4.79 Å². The summed E-state index contributed by atoms with van der Waals surface area (Å²) in [5.74, 6) is 10.6. The molecule has 0 amide bonds. The summed E-state index contributed by atoms with van der Waals surface area (Å²) in [4.78, 5) is 12.5. The van der Waals surface area contributed by atoms with Gasteiger partial charge in [0.15, 0.2) is 20.0 Å². The van der Waals surface area contributed by atoms with Crippen LogP contribution in [0.15, 0.2) is 35.1 Å². The molecule has 4 rings (SSSR count). The monoisotopic (exact) mass is 425 g/mol. The highest BCUT2D eigenvalue weighted by atomic mass is 28.4. The number of esters is 1. The Morgan fingerprint density at radius 3 is 2.50 bits per heavy atom. The molecule has 0 saturated carbocycles. The first-order valence-corrected chi connectivity index (χ1v) is 13.1. The van der Waals surface area contributed by atoms with Crippen molar-refractivity contribution < 1.29 is 23.4 Å². The molecule has 4 aliphatic rings. The SMILES string of the molecule is CC[Si](CC)(CC)OC12C#C/C=C\C#CC3OC(=O)C=C1C3=C(N)C1(C2)OCCO1. The summed E-state index contributed by atoms with van der Waals surface area (Å²) in [6.07, 6.45) is 4.24. The van der Waals surface area contributed by atoms with Gasteiger partial charge in [-0.2, -0.15) is 0 Å². The third kappa shape index (κ3) is 3.23. The van der Waals surface area contributed by atoms with Gasteiger partial charge in [0.25, 0.3) is 0 Å². The van der Waals surface area contributed by atoms with Crippen molar-refractivity contribution in [3.63, 3.8) is 0 Å². The van der Waals surface area contributed by atoms with E-state index in [0.29, 0.717) is 30.1 Å². The fraction of sp³-hybridized carbons (Fsp3) is 0.522. The lowest BCUT2D eigenvalue weighted by atomic mass is 9.72. The zero-order valence-electron chi connectivity index (χ0n) is 17.7. The molecule has 1 spiro atoms. The summed E-state index contributed by atoms with van der Waals surface area (Å²) < 4.78 is 24.7. The van der Waals surface area contributed by atoms with E-state index in [4.69, 9.17) is 24.4 Å². The molecule has 0 aromatic rings. The van der Waals surface area contributed by atoms with E-state index in [2.05, 4.69) is 44.5 Å². The van der Waals surface area contributed by atoms with E-state index < -0.39 is 31.8 Å². The highest BCUT2D eigenvalue weighted by Crippen LogP contribution is 2.51. The third-order valence-electron chi connectivity index (χ3n) is 6.48. The fourth-order valence-electron chi connectivity index (χ4n) is 4.63. The van der Waals surface area contributed by atoms with Gasteiger partial charge in [0.05, 0.1) is 25.3 Å². The van der Waals surface area contributed by atoms with Crippen molar-refractivity contribution in [2.75, 3.05) is 13.2 Å². The molecule has 2 heterocycles. The maximum Gasteiger partial charge on any atom is 0.332 e. The number of carbonyl (C=O) groups excluding carboxylic acids is 1. The average molecular weight is 426 g/mol. The Balaban J connectivity index is 2.01. The second kappa shape index (κ2) is 7.75. The van der Waals surface area contributed by atoms with E-state index in [9.17, 15) is 4.79 Å². The molecule has 0 aromatic heterocycles. The van der Waals surface area contributed by atoms with Crippen LogP contribution in [-0.2, 0) is 23.4 Å². The largest absolute Gasteiger partial charge is 0.441 e. The molecule has 4 bridgehead atoms. The number of allylic oxidation sites excluding steroid dienone is 2. The molecule has 2 N–H and O–H groups in total. The highest BCUT2D eigenvalue weighted by Gasteiger charge is 2.59. The Hall–Kier alpha value is -2.29. The van der Waals surface area contributed by atoms with Crippen LogP contribution < -0.4 is 5.73 Å². The van der Waals surface area contributed by atoms with Crippen LogP contribution in [-0.4, -0.2) is 45.0 Å². The summed E-state index contributed by atoms with van der Waals surface area (Å²) in [5.41, 5.74) is 7.14. The Morgan fingerprint density at radius 1 is 1.17 bits per heavy atom. The number of hydrogen-bond donors (Lipinski definition) is 1. The van der Waals surface area contributed by atoms with Gasteiger partial charge in [0.2, 0.25) is 5.79 Å². The zero-order valence-corrected chi connectivity index (χ0v) is 18.7. The van der Waals surface area contributed by atoms with E-state index in [0.717, 1.165) is 18.1 Å². The van der Waals surface area contributed by atoms with Gasteiger partial charge in [0, 0.05) is 17.2 Å². The number of ether oxygens (including phenoxy) is 3. The first-order valence-electron chi connectivity index (χ1n) is 10.5. The minimum absolute atomic E-state index is 0.268. The van der Waals surface area contributed by atoms with Crippen molar-refractivity contribution in [2.24, 2.45) is 5.73 Å². The van der Waals surface area contributed by atoms with Crippen LogP contribution in [0.2, 0.25) is 18.1 Å². The molecule has 0 radical (unpaired) electrons. The average Bonchev–Trinajstić information content (AvgIpc) is 3.21. The van der Waals surface area contributed by atoms with Crippen LogP contribution in [0.5, 0.6) is 0 Å². The molecule has 2 aliphatic carbocycles. The molecule has 2 unspecified atom stereocenters. The first kappa shape index (κ1) is 21.0. The standard InChI is InChI=1S/C23H27NO5Si/c1-4-30(5-2,6-3)29-22-12-10-8-7-9-11-18-20(17(22)15-19(25)28-18)21(24)23(16-22)26-13-14-27-23/h7-8,15,18H,4-6,13-14,16,24H2,1-3H3/b8-7-. The lowest BCUT2D eigenvalue weighted by Gasteiger charge is -2.49. The smallest absolute Gasteiger partial charge is 0.332 e. The third-order valence-corrected chi connectivity index (χ3v) is 11.1. The lowest BCUT2D eigenvalue weighted by Crippen LogP contribution is -2.58. The van der Waals surface area contributed by atoms with Crippen LogP contribution in [0.3, 0.4) is 0 Å². The van der Waals surface area contributed by atoms with E-state index in [1.807, 2.05) is 0 Å². The molecular weight excluding hydrogens is 398 g/mol. The molecular formula is C23H27NO5Si. The van der Waals surface area contributed by atoms with Gasteiger partial charge < -0.3 is 24.4 Å². The van der Waals surface area contributed by atoms with Crippen LogP contribution in [0.4, 0.5) is 0 Å². The van der Waals surface area contributed by atoms with E-state index >= 15 is 0 Å². The predicted molar refractivity (Wildman–Crippen MR) is 114 cm³/mol.